The Morgan fingerprint density at radius 1 is 1.11 bits per heavy atom. The van der Waals surface area contributed by atoms with Gasteiger partial charge in [-0.15, -0.1) is 0 Å². The topological polar surface area (TPSA) is 57.1 Å². The molecule has 0 unspecified atom stereocenters. The van der Waals surface area contributed by atoms with E-state index in [4.69, 9.17) is 21.1 Å². The number of hydrogen-bond donors (Lipinski definition) is 0. The van der Waals surface area contributed by atoms with Crippen molar-refractivity contribution in [3.8, 4) is 11.8 Å². The number of halogens is 1. The van der Waals surface area contributed by atoms with Crippen LogP contribution in [0.15, 0.2) is 24.3 Å². The molecule has 0 aliphatic heterocycles. The van der Waals surface area contributed by atoms with Crippen LogP contribution in [0.2, 0.25) is 5.28 Å². The molecule has 0 bridgehead atoms. The summed E-state index contributed by atoms with van der Waals surface area (Å²) in [6, 6.07) is 7.95. The van der Waals surface area contributed by atoms with Crippen LogP contribution in [-0.2, 0) is 6.42 Å². The molecule has 1 aromatic heterocycles. The molecule has 0 spiro atoms. The predicted octanol–water partition coefficient (Wildman–Crippen LogP) is 2.52. The number of nitrogens with zero attached hydrogens (tertiary/aromatic N) is 3. The number of aromatic nitrogens is 3. The van der Waals surface area contributed by atoms with Gasteiger partial charge in [-0.1, -0.05) is 12.1 Å². The van der Waals surface area contributed by atoms with E-state index in [2.05, 4.69) is 15.0 Å². The summed E-state index contributed by atoms with van der Waals surface area (Å²) in [5.74, 6) is 1.39. The van der Waals surface area contributed by atoms with Gasteiger partial charge < -0.3 is 9.47 Å². The lowest BCUT2D eigenvalue weighted by Crippen LogP contribution is -2.04. The van der Waals surface area contributed by atoms with E-state index >= 15 is 0 Å². The minimum absolute atomic E-state index is 0.141. The fraction of sp³-hybridized carbons (Fsp3) is 0.308. The first kappa shape index (κ1) is 13.5. The normalized spacial score (nSPS) is 10.3. The van der Waals surface area contributed by atoms with Gasteiger partial charge in [-0.3, -0.25) is 0 Å². The van der Waals surface area contributed by atoms with E-state index in [0.717, 1.165) is 11.3 Å². The van der Waals surface area contributed by atoms with Crippen LogP contribution in [0.5, 0.6) is 11.8 Å². The van der Waals surface area contributed by atoms with Gasteiger partial charge in [0.05, 0.1) is 13.7 Å². The van der Waals surface area contributed by atoms with Crippen LogP contribution in [0.3, 0.4) is 0 Å². The van der Waals surface area contributed by atoms with Crippen molar-refractivity contribution in [3.05, 3.63) is 40.9 Å². The average molecular weight is 280 g/mol. The van der Waals surface area contributed by atoms with Crippen LogP contribution in [-0.4, -0.2) is 28.7 Å². The number of ether oxygens (including phenoxy) is 2. The molecule has 19 heavy (non-hydrogen) atoms. The van der Waals surface area contributed by atoms with Crippen LogP contribution < -0.4 is 9.47 Å². The Kier molecular flexibility index (Phi) is 4.52. The summed E-state index contributed by atoms with van der Waals surface area (Å²) < 4.78 is 10.3. The molecule has 0 N–H and O–H groups in total. The second-order valence-electron chi connectivity index (χ2n) is 3.76. The van der Waals surface area contributed by atoms with Crippen molar-refractivity contribution < 1.29 is 9.47 Å². The third kappa shape index (κ3) is 3.79. The smallest absolute Gasteiger partial charge is 0.320 e. The Hall–Kier alpha value is -1.88. The highest BCUT2D eigenvalue weighted by Gasteiger charge is 2.06. The van der Waals surface area contributed by atoms with Gasteiger partial charge in [-0.05, 0) is 36.2 Å². The van der Waals surface area contributed by atoms with Crippen LogP contribution in [0, 0.1) is 0 Å². The minimum Gasteiger partial charge on any atom is -0.497 e. The standard InChI is InChI=1S/C13H14ClN3O2/c1-3-19-13-16-11(15-12(14)17-13)8-9-4-6-10(18-2)7-5-9/h4-7H,3,8H2,1-2H3. The molecule has 0 radical (unpaired) electrons. The predicted molar refractivity (Wildman–Crippen MR) is 71.8 cm³/mol. The Bertz CT molecular complexity index is 546. The maximum atomic E-state index is 5.84. The maximum absolute atomic E-state index is 5.84. The van der Waals surface area contributed by atoms with Crippen molar-refractivity contribution in [1.29, 1.82) is 0 Å². The summed E-state index contributed by atoms with van der Waals surface area (Å²) in [7, 11) is 1.63. The van der Waals surface area contributed by atoms with Crippen molar-refractivity contribution in [2.24, 2.45) is 0 Å². The molecule has 0 amide bonds. The summed E-state index contributed by atoms with van der Waals surface area (Å²) in [5.41, 5.74) is 1.06. The molecule has 0 saturated heterocycles. The van der Waals surface area contributed by atoms with Crippen LogP contribution in [0.25, 0.3) is 0 Å². The molecule has 0 atom stereocenters. The monoisotopic (exact) mass is 279 g/mol. The van der Waals surface area contributed by atoms with Crippen LogP contribution >= 0.6 is 11.6 Å². The van der Waals surface area contributed by atoms with Gasteiger partial charge in [0.15, 0.2) is 0 Å². The van der Waals surface area contributed by atoms with E-state index in [1.165, 1.54) is 0 Å². The molecule has 0 saturated carbocycles. The van der Waals surface area contributed by atoms with Crippen molar-refractivity contribution in [2.75, 3.05) is 13.7 Å². The van der Waals surface area contributed by atoms with Gasteiger partial charge in [0.25, 0.3) is 0 Å². The van der Waals surface area contributed by atoms with E-state index in [9.17, 15) is 0 Å². The van der Waals surface area contributed by atoms with Gasteiger partial charge in [0, 0.05) is 6.42 Å². The lowest BCUT2D eigenvalue weighted by molar-refractivity contribution is 0.310. The van der Waals surface area contributed by atoms with Crippen LogP contribution in [0.4, 0.5) is 0 Å². The molecule has 6 heteroatoms. The first-order valence-corrected chi connectivity index (χ1v) is 6.25. The summed E-state index contributed by atoms with van der Waals surface area (Å²) >= 11 is 5.84. The van der Waals surface area contributed by atoms with E-state index in [1.807, 2.05) is 31.2 Å². The first-order chi connectivity index (χ1) is 9.21. The molecule has 1 aromatic carbocycles. The van der Waals surface area contributed by atoms with Crippen molar-refractivity contribution in [2.45, 2.75) is 13.3 Å². The third-order valence-electron chi connectivity index (χ3n) is 2.43. The quantitative estimate of drug-likeness (QED) is 0.842. The van der Waals surface area contributed by atoms with Gasteiger partial charge in [0.2, 0.25) is 5.28 Å². The molecule has 100 valence electrons. The average Bonchev–Trinajstić information content (AvgIpc) is 2.39. The minimum atomic E-state index is 0.141. The van der Waals surface area contributed by atoms with Crippen molar-refractivity contribution in [1.82, 2.24) is 15.0 Å². The SMILES string of the molecule is CCOc1nc(Cl)nc(Cc2ccc(OC)cc2)n1. The molecule has 5 nitrogen and oxygen atoms in total. The highest BCUT2D eigenvalue weighted by atomic mass is 35.5. The zero-order valence-electron chi connectivity index (χ0n) is 10.8. The fourth-order valence-corrected chi connectivity index (χ4v) is 1.74. The summed E-state index contributed by atoms with van der Waals surface area (Å²) in [5, 5.41) is 0.141. The van der Waals surface area contributed by atoms with Gasteiger partial charge in [0.1, 0.15) is 11.6 Å². The Morgan fingerprint density at radius 2 is 1.84 bits per heavy atom. The Labute approximate surface area is 116 Å². The second-order valence-corrected chi connectivity index (χ2v) is 4.10. The molecular formula is C13H14ClN3O2. The number of benzene rings is 1. The van der Waals surface area contributed by atoms with Gasteiger partial charge in [-0.25, -0.2) is 4.98 Å². The first-order valence-electron chi connectivity index (χ1n) is 5.87. The van der Waals surface area contributed by atoms with Crippen molar-refractivity contribution >= 4 is 11.6 Å². The van der Waals surface area contributed by atoms with Gasteiger partial charge >= 0.3 is 6.01 Å². The zero-order chi connectivity index (χ0) is 13.7. The number of methoxy groups -OCH3 is 1. The van der Waals surface area contributed by atoms with Crippen LogP contribution in [0.1, 0.15) is 18.3 Å². The van der Waals surface area contributed by atoms with E-state index in [-0.39, 0.29) is 11.3 Å². The molecule has 0 fully saturated rings. The molecule has 0 aliphatic carbocycles. The Balaban J connectivity index is 2.17. The highest BCUT2D eigenvalue weighted by Crippen LogP contribution is 2.15. The summed E-state index contributed by atoms with van der Waals surface area (Å²) in [4.78, 5) is 12.2. The molecule has 0 aliphatic rings. The highest BCUT2D eigenvalue weighted by molar-refractivity contribution is 6.28. The van der Waals surface area contributed by atoms with Crippen molar-refractivity contribution in [3.63, 3.8) is 0 Å². The third-order valence-corrected chi connectivity index (χ3v) is 2.60. The summed E-state index contributed by atoms with van der Waals surface area (Å²) in [6.07, 6.45) is 0.562. The summed E-state index contributed by atoms with van der Waals surface area (Å²) in [6.45, 7) is 2.35. The maximum Gasteiger partial charge on any atom is 0.320 e. The largest absolute Gasteiger partial charge is 0.497 e. The zero-order valence-corrected chi connectivity index (χ0v) is 11.5. The van der Waals surface area contributed by atoms with Gasteiger partial charge in [-0.2, -0.15) is 9.97 Å². The number of rotatable bonds is 5. The second kappa shape index (κ2) is 6.33. The number of hydrogen-bond acceptors (Lipinski definition) is 5. The van der Waals surface area contributed by atoms with E-state index in [0.29, 0.717) is 18.9 Å². The van der Waals surface area contributed by atoms with E-state index < -0.39 is 0 Å². The lowest BCUT2D eigenvalue weighted by Gasteiger charge is -2.05. The van der Waals surface area contributed by atoms with E-state index in [1.54, 1.807) is 7.11 Å². The lowest BCUT2D eigenvalue weighted by atomic mass is 10.1. The Morgan fingerprint density at radius 3 is 2.47 bits per heavy atom. The molecular weight excluding hydrogens is 266 g/mol. The molecule has 2 aromatic rings. The fourth-order valence-electron chi connectivity index (χ4n) is 1.57. The molecule has 1 heterocycles. The molecule has 2 rings (SSSR count).